The first kappa shape index (κ1) is 20.0. The first-order chi connectivity index (χ1) is 13.1. The Balaban J connectivity index is 1.64. The lowest BCUT2D eigenvalue weighted by Crippen LogP contribution is -2.59. The number of nitrogens with zero attached hydrogens (tertiary/aromatic N) is 2. The standard InChI is InChI=1S/C18H28N4O4S/c1-25-12-6-19-16(24)18(21-17-20-7-13-27-17)4-8-22(9-5-18)15(23)14-2-10-26-11-3-14/h7,13-14H,2-6,8-12H2,1H3,(H,19,24)(H,20,21). The van der Waals surface area contributed by atoms with E-state index < -0.39 is 5.54 Å². The van der Waals surface area contributed by atoms with Gasteiger partial charge in [0.15, 0.2) is 5.13 Å². The zero-order chi connectivity index (χ0) is 19.1. The maximum absolute atomic E-state index is 12.9. The van der Waals surface area contributed by atoms with E-state index in [9.17, 15) is 9.59 Å². The van der Waals surface area contributed by atoms with E-state index in [-0.39, 0.29) is 17.7 Å². The highest BCUT2D eigenvalue weighted by Gasteiger charge is 2.43. The molecule has 2 aliphatic rings. The summed E-state index contributed by atoms with van der Waals surface area (Å²) in [5.74, 6) is 0.183. The molecule has 0 bridgehead atoms. The van der Waals surface area contributed by atoms with Gasteiger partial charge in [0.05, 0.1) is 6.61 Å². The summed E-state index contributed by atoms with van der Waals surface area (Å²) in [4.78, 5) is 31.9. The molecule has 1 aromatic heterocycles. The van der Waals surface area contributed by atoms with Gasteiger partial charge < -0.3 is 25.0 Å². The van der Waals surface area contributed by atoms with Crippen molar-refractivity contribution in [2.24, 2.45) is 5.92 Å². The summed E-state index contributed by atoms with van der Waals surface area (Å²) >= 11 is 1.47. The summed E-state index contributed by atoms with van der Waals surface area (Å²) in [6.07, 6.45) is 4.40. The van der Waals surface area contributed by atoms with E-state index in [1.807, 2.05) is 10.3 Å². The van der Waals surface area contributed by atoms with E-state index in [0.717, 1.165) is 18.0 Å². The molecule has 9 heteroatoms. The van der Waals surface area contributed by atoms with Crippen molar-refractivity contribution in [2.45, 2.75) is 31.2 Å². The molecule has 2 saturated heterocycles. The van der Waals surface area contributed by atoms with Gasteiger partial charge in [0.2, 0.25) is 11.8 Å². The van der Waals surface area contributed by atoms with Crippen molar-refractivity contribution in [3.63, 3.8) is 0 Å². The number of carbonyl (C=O) groups excluding carboxylic acids is 2. The van der Waals surface area contributed by atoms with Crippen molar-refractivity contribution in [2.75, 3.05) is 51.9 Å². The molecule has 2 aliphatic heterocycles. The molecule has 150 valence electrons. The number of carbonyl (C=O) groups is 2. The van der Waals surface area contributed by atoms with Crippen LogP contribution >= 0.6 is 11.3 Å². The van der Waals surface area contributed by atoms with Gasteiger partial charge in [-0.15, -0.1) is 11.3 Å². The Morgan fingerprint density at radius 1 is 1.37 bits per heavy atom. The van der Waals surface area contributed by atoms with Crippen LogP contribution in [0.25, 0.3) is 0 Å². The Hall–Kier alpha value is -1.71. The number of likely N-dealkylation sites (tertiary alicyclic amines) is 1. The summed E-state index contributed by atoms with van der Waals surface area (Å²) < 4.78 is 10.4. The molecular weight excluding hydrogens is 368 g/mol. The highest BCUT2D eigenvalue weighted by atomic mass is 32.1. The first-order valence-corrected chi connectivity index (χ1v) is 10.3. The molecule has 0 aromatic carbocycles. The largest absolute Gasteiger partial charge is 0.383 e. The second kappa shape index (κ2) is 9.48. The zero-order valence-electron chi connectivity index (χ0n) is 15.7. The molecule has 0 unspecified atom stereocenters. The summed E-state index contributed by atoms with van der Waals surface area (Å²) in [6, 6.07) is 0. The van der Waals surface area contributed by atoms with Crippen molar-refractivity contribution in [3.05, 3.63) is 11.6 Å². The van der Waals surface area contributed by atoms with E-state index >= 15 is 0 Å². The Bertz CT molecular complexity index is 611. The van der Waals surface area contributed by atoms with Crippen molar-refractivity contribution >= 4 is 28.3 Å². The molecule has 27 heavy (non-hydrogen) atoms. The fourth-order valence-corrected chi connectivity index (χ4v) is 4.27. The molecule has 8 nitrogen and oxygen atoms in total. The van der Waals surface area contributed by atoms with Crippen molar-refractivity contribution in [3.8, 4) is 0 Å². The lowest BCUT2D eigenvalue weighted by atomic mass is 9.85. The zero-order valence-corrected chi connectivity index (χ0v) is 16.6. The smallest absolute Gasteiger partial charge is 0.245 e. The van der Waals surface area contributed by atoms with E-state index in [1.54, 1.807) is 13.3 Å². The fraction of sp³-hybridized carbons (Fsp3) is 0.722. The number of nitrogens with one attached hydrogen (secondary N) is 2. The Kier molecular flexibility index (Phi) is 7.03. The van der Waals surface area contributed by atoms with Crippen LogP contribution in [0, 0.1) is 5.92 Å². The number of methoxy groups -OCH3 is 1. The minimum Gasteiger partial charge on any atom is -0.383 e. The number of aromatic nitrogens is 1. The molecule has 0 saturated carbocycles. The molecule has 0 atom stereocenters. The first-order valence-electron chi connectivity index (χ1n) is 9.46. The molecule has 2 N–H and O–H groups in total. The number of thiazole rings is 1. The molecule has 3 rings (SSSR count). The predicted molar refractivity (Wildman–Crippen MR) is 103 cm³/mol. The van der Waals surface area contributed by atoms with Crippen LogP contribution in [0.2, 0.25) is 0 Å². The lowest BCUT2D eigenvalue weighted by Gasteiger charge is -2.42. The number of ether oxygens (including phenoxy) is 2. The van der Waals surface area contributed by atoms with Gasteiger partial charge in [-0.25, -0.2) is 4.98 Å². The van der Waals surface area contributed by atoms with Crippen molar-refractivity contribution in [1.82, 2.24) is 15.2 Å². The number of rotatable bonds is 7. The van der Waals surface area contributed by atoms with Gasteiger partial charge in [0, 0.05) is 57.5 Å². The maximum Gasteiger partial charge on any atom is 0.245 e. The summed E-state index contributed by atoms with van der Waals surface area (Å²) in [5, 5.41) is 8.88. The van der Waals surface area contributed by atoms with Crippen LogP contribution in [0.5, 0.6) is 0 Å². The van der Waals surface area contributed by atoms with Gasteiger partial charge in [0.1, 0.15) is 5.54 Å². The number of hydrogen-bond donors (Lipinski definition) is 2. The molecular formula is C18H28N4O4S. The van der Waals surface area contributed by atoms with E-state index in [4.69, 9.17) is 9.47 Å². The van der Waals surface area contributed by atoms with E-state index in [0.29, 0.717) is 52.3 Å². The third-order valence-electron chi connectivity index (χ3n) is 5.30. The summed E-state index contributed by atoms with van der Waals surface area (Å²) in [6.45, 7) is 3.36. The minimum absolute atomic E-state index is 0.0497. The monoisotopic (exact) mass is 396 g/mol. The van der Waals surface area contributed by atoms with Gasteiger partial charge >= 0.3 is 0 Å². The Morgan fingerprint density at radius 2 is 2.11 bits per heavy atom. The number of piperidine rings is 1. The fourth-order valence-electron chi connectivity index (χ4n) is 3.65. The van der Waals surface area contributed by atoms with Crippen LogP contribution < -0.4 is 10.6 Å². The molecule has 0 spiro atoms. The SMILES string of the molecule is COCCNC(=O)C1(Nc2nccs2)CCN(C(=O)C2CCOCC2)CC1. The van der Waals surface area contributed by atoms with E-state index in [1.165, 1.54) is 11.3 Å². The predicted octanol–water partition coefficient (Wildman–Crippen LogP) is 1.11. The second-order valence-corrected chi connectivity index (χ2v) is 7.90. The average molecular weight is 397 g/mol. The highest BCUT2D eigenvalue weighted by molar-refractivity contribution is 7.13. The third-order valence-corrected chi connectivity index (χ3v) is 5.99. The summed E-state index contributed by atoms with van der Waals surface area (Å²) in [5.41, 5.74) is -0.752. The number of amides is 2. The molecule has 0 radical (unpaired) electrons. The normalized spacial score (nSPS) is 20.3. The van der Waals surface area contributed by atoms with Gasteiger partial charge in [-0.2, -0.15) is 0 Å². The van der Waals surface area contributed by atoms with Crippen LogP contribution in [-0.2, 0) is 19.1 Å². The van der Waals surface area contributed by atoms with Crippen LogP contribution in [0.15, 0.2) is 11.6 Å². The second-order valence-electron chi connectivity index (χ2n) is 7.00. The topological polar surface area (TPSA) is 92.8 Å². The molecule has 1 aromatic rings. The van der Waals surface area contributed by atoms with Gasteiger partial charge in [0.25, 0.3) is 0 Å². The van der Waals surface area contributed by atoms with Crippen LogP contribution in [0.3, 0.4) is 0 Å². The maximum atomic E-state index is 12.9. The van der Waals surface area contributed by atoms with E-state index in [2.05, 4.69) is 15.6 Å². The molecule has 0 aliphatic carbocycles. The Morgan fingerprint density at radius 3 is 2.74 bits per heavy atom. The minimum atomic E-state index is -0.752. The third kappa shape index (κ3) is 4.97. The van der Waals surface area contributed by atoms with Gasteiger partial charge in [-0.05, 0) is 25.7 Å². The number of anilines is 1. The summed E-state index contributed by atoms with van der Waals surface area (Å²) in [7, 11) is 1.61. The van der Waals surface area contributed by atoms with Crippen LogP contribution in [-0.4, -0.2) is 73.8 Å². The van der Waals surface area contributed by atoms with Crippen molar-refractivity contribution < 1.29 is 19.1 Å². The van der Waals surface area contributed by atoms with Gasteiger partial charge in [-0.3, -0.25) is 9.59 Å². The molecule has 2 fully saturated rings. The lowest BCUT2D eigenvalue weighted by molar-refractivity contribution is -0.141. The molecule has 2 amide bonds. The number of hydrogen-bond acceptors (Lipinski definition) is 7. The highest BCUT2D eigenvalue weighted by Crippen LogP contribution is 2.30. The van der Waals surface area contributed by atoms with Crippen LogP contribution in [0.4, 0.5) is 5.13 Å². The Labute approximate surface area is 163 Å². The van der Waals surface area contributed by atoms with Gasteiger partial charge in [-0.1, -0.05) is 0 Å². The average Bonchev–Trinajstić information content (AvgIpc) is 3.21. The molecule has 3 heterocycles. The van der Waals surface area contributed by atoms with Crippen molar-refractivity contribution in [1.29, 1.82) is 0 Å². The van der Waals surface area contributed by atoms with Crippen LogP contribution in [0.1, 0.15) is 25.7 Å². The quantitative estimate of drug-likeness (QED) is 0.671.